The standard InChI is InChI=1S/C18H20INO3/c1-20-6-5-18-10-3-4-13(21)17(18)23-16-14(22-2)8-11(19)9(15(16)18)7-12(10)20/h8,10,12,17H,3-7H2,1-2H3/t10-,12+,17-,18-/m0/s1. The summed E-state index contributed by atoms with van der Waals surface area (Å²) in [5.41, 5.74) is 2.60. The second-order valence-corrected chi connectivity index (χ2v) is 8.56. The van der Waals surface area contributed by atoms with Crippen LogP contribution >= 0.6 is 22.6 Å². The number of methoxy groups -OCH3 is 1. The third-order valence-electron chi connectivity index (χ3n) is 6.67. The minimum absolute atomic E-state index is 0.107. The molecule has 4 nitrogen and oxygen atoms in total. The van der Waals surface area contributed by atoms with Crippen molar-refractivity contribution in [1.29, 1.82) is 0 Å². The molecule has 2 fully saturated rings. The van der Waals surface area contributed by atoms with Crippen molar-refractivity contribution in [2.45, 2.75) is 43.2 Å². The van der Waals surface area contributed by atoms with Crippen LogP contribution in [0.1, 0.15) is 30.4 Å². The highest BCUT2D eigenvalue weighted by molar-refractivity contribution is 14.1. The van der Waals surface area contributed by atoms with Gasteiger partial charge in [0.05, 0.1) is 7.11 Å². The number of piperidine rings is 1. The molecule has 1 aromatic rings. The van der Waals surface area contributed by atoms with Crippen LogP contribution < -0.4 is 9.47 Å². The molecule has 122 valence electrons. The largest absolute Gasteiger partial charge is 0.493 e. The van der Waals surface area contributed by atoms with E-state index in [0.29, 0.717) is 18.4 Å². The summed E-state index contributed by atoms with van der Waals surface area (Å²) in [5.74, 6) is 2.46. The molecular weight excluding hydrogens is 405 g/mol. The monoisotopic (exact) mass is 425 g/mol. The summed E-state index contributed by atoms with van der Waals surface area (Å²) >= 11 is 2.42. The first kappa shape index (κ1) is 14.5. The van der Waals surface area contributed by atoms with Gasteiger partial charge in [0.25, 0.3) is 0 Å². The van der Waals surface area contributed by atoms with Gasteiger partial charge in [0.15, 0.2) is 23.4 Å². The molecule has 2 aliphatic carbocycles. The number of likely N-dealkylation sites (N-methyl/N-ethyl adjacent to an activating group) is 1. The molecule has 0 N–H and O–H groups in total. The Kier molecular flexibility index (Phi) is 2.92. The van der Waals surface area contributed by atoms with Crippen molar-refractivity contribution in [3.8, 4) is 11.5 Å². The van der Waals surface area contributed by atoms with Crippen molar-refractivity contribution in [3.63, 3.8) is 0 Å². The maximum absolute atomic E-state index is 12.7. The van der Waals surface area contributed by atoms with E-state index in [1.807, 2.05) is 0 Å². The first-order chi connectivity index (χ1) is 11.1. The Morgan fingerprint density at radius 1 is 1.48 bits per heavy atom. The van der Waals surface area contributed by atoms with Crippen molar-refractivity contribution < 1.29 is 14.3 Å². The van der Waals surface area contributed by atoms with Gasteiger partial charge in [-0.3, -0.25) is 4.79 Å². The average Bonchev–Trinajstić information content (AvgIpc) is 2.89. The topological polar surface area (TPSA) is 38.8 Å². The number of halogens is 1. The molecule has 2 aliphatic heterocycles. The maximum atomic E-state index is 12.7. The van der Waals surface area contributed by atoms with Crippen LogP contribution in [0.25, 0.3) is 0 Å². The molecule has 5 heteroatoms. The second-order valence-electron chi connectivity index (χ2n) is 7.40. The summed E-state index contributed by atoms with van der Waals surface area (Å²) in [6, 6.07) is 2.60. The molecule has 1 saturated heterocycles. The van der Waals surface area contributed by atoms with Crippen LogP contribution in [0.15, 0.2) is 6.07 Å². The van der Waals surface area contributed by atoms with Gasteiger partial charge >= 0.3 is 0 Å². The number of hydrogen-bond donors (Lipinski definition) is 0. The van der Waals surface area contributed by atoms with E-state index in [2.05, 4.69) is 40.6 Å². The fourth-order valence-corrected chi connectivity index (χ4v) is 6.47. The minimum atomic E-state index is -0.293. The molecule has 1 aromatic carbocycles. The van der Waals surface area contributed by atoms with E-state index in [-0.39, 0.29) is 17.3 Å². The zero-order valence-corrected chi connectivity index (χ0v) is 15.6. The summed E-state index contributed by atoms with van der Waals surface area (Å²) in [5, 5.41) is 0. The summed E-state index contributed by atoms with van der Waals surface area (Å²) in [4.78, 5) is 15.2. The lowest BCUT2D eigenvalue weighted by atomic mass is 9.52. The zero-order valence-electron chi connectivity index (χ0n) is 13.4. The van der Waals surface area contributed by atoms with E-state index < -0.39 is 0 Å². The van der Waals surface area contributed by atoms with Crippen molar-refractivity contribution in [3.05, 3.63) is 20.8 Å². The van der Waals surface area contributed by atoms with Crippen LogP contribution in [0.5, 0.6) is 11.5 Å². The third kappa shape index (κ3) is 1.58. The lowest BCUT2D eigenvalue weighted by molar-refractivity contribution is -0.138. The van der Waals surface area contributed by atoms with Gasteiger partial charge in [-0.05, 0) is 73.0 Å². The van der Waals surface area contributed by atoms with Gasteiger partial charge in [-0.15, -0.1) is 0 Å². The van der Waals surface area contributed by atoms with E-state index >= 15 is 0 Å². The first-order valence-corrected chi connectivity index (χ1v) is 9.45. The highest BCUT2D eigenvalue weighted by Gasteiger charge is 2.65. The lowest BCUT2D eigenvalue weighted by Gasteiger charge is -2.57. The van der Waals surface area contributed by atoms with Crippen molar-refractivity contribution in [2.75, 3.05) is 20.7 Å². The van der Waals surface area contributed by atoms with Gasteiger partial charge < -0.3 is 14.4 Å². The molecule has 0 aromatic heterocycles. The zero-order chi connectivity index (χ0) is 15.9. The Morgan fingerprint density at radius 2 is 2.30 bits per heavy atom. The van der Waals surface area contributed by atoms with E-state index in [1.165, 1.54) is 14.7 Å². The normalized spacial score (nSPS) is 37.3. The Hall–Kier alpha value is -0.820. The Balaban J connectivity index is 1.84. The molecule has 4 aliphatic rings. The quantitative estimate of drug-likeness (QED) is 0.649. The van der Waals surface area contributed by atoms with E-state index in [1.54, 1.807) is 7.11 Å². The summed E-state index contributed by atoms with van der Waals surface area (Å²) in [6.45, 7) is 1.04. The van der Waals surface area contributed by atoms with Crippen molar-refractivity contribution >= 4 is 28.4 Å². The Bertz CT molecular complexity index is 733. The molecule has 4 atom stereocenters. The van der Waals surface area contributed by atoms with Gasteiger partial charge in [0, 0.05) is 27.0 Å². The van der Waals surface area contributed by atoms with Gasteiger partial charge in [-0.2, -0.15) is 0 Å². The fraction of sp³-hybridized carbons (Fsp3) is 0.611. The minimum Gasteiger partial charge on any atom is -0.493 e. The van der Waals surface area contributed by atoms with Gasteiger partial charge in [-0.25, -0.2) is 0 Å². The maximum Gasteiger partial charge on any atom is 0.174 e. The number of Topliss-reactive ketones (excluding diaryl/α,β-unsaturated/α-hetero) is 1. The number of benzene rings is 1. The molecule has 5 rings (SSSR count). The van der Waals surface area contributed by atoms with E-state index in [4.69, 9.17) is 9.47 Å². The number of ether oxygens (including phenoxy) is 2. The Labute approximate surface area is 149 Å². The molecule has 0 radical (unpaired) electrons. The fourth-order valence-electron chi connectivity index (χ4n) is 5.70. The van der Waals surface area contributed by atoms with Crippen LogP contribution in [-0.2, 0) is 16.6 Å². The molecule has 1 saturated carbocycles. The number of carbonyl (C=O) groups is 1. The van der Waals surface area contributed by atoms with Gasteiger partial charge in [0.1, 0.15) is 0 Å². The first-order valence-electron chi connectivity index (χ1n) is 8.37. The highest BCUT2D eigenvalue weighted by Crippen LogP contribution is 2.63. The molecule has 2 heterocycles. The molecule has 23 heavy (non-hydrogen) atoms. The van der Waals surface area contributed by atoms with Crippen LogP contribution in [0.2, 0.25) is 0 Å². The van der Waals surface area contributed by atoms with Gasteiger partial charge in [0.2, 0.25) is 0 Å². The van der Waals surface area contributed by atoms with Crippen molar-refractivity contribution in [1.82, 2.24) is 4.90 Å². The summed E-state index contributed by atoms with van der Waals surface area (Å²) in [6.07, 6.45) is 3.45. The number of carbonyl (C=O) groups excluding carboxylic acids is 1. The Morgan fingerprint density at radius 3 is 3.09 bits per heavy atom. The van der Waals surface area contributed by atoms with Gasteiger partial charge in [-0.1, -0.05) is 0 Å². The second kappa shape index (κ2) is 4.63. The van der Waals surface area contributed by atoms with Crippen LogP contribution in [-0.4, -0.2) is 43.5 Å². The molecular formula is C18H20INO3. The SMILES string of the molecule is COc1cc(I)c2c3c1O[C@H]1C(=O)CC[C@H]4[C@@H](C2)N(C)CC[C@]314. The average molecular weight is 425 g/mol. The number of hydrogen-bond acceptors (Lipinski definition) is 4. The summed E-state index contributed by atoms with van der Waals surface area (Å²) in [7, 11) is 3.93. The lowest BCUT2D eigenvalue weighted by Crippen LogP contribution is -2.65. The number of nitrogens with zero attached hydrogens (tertiary/aromatic N) is 1. The molecule has 1 spiro atoms. The van der Waals surface area contributed by atoms with Crippen LogP contribution in [0, 0.1) is 9.49 Å². The smallest absolute Gasteiger partial charge is 0.174 e. The van der Waals surface area contributed by atoms with Crippen molar-refractivity contribution in [2.24, 2.45) is 5.92 Å². The molecule has 0 unspecified atom stereocenters. The number of ketones is 1. The van der Waals surface area contributed by atoms with Crippen LogP contribution in [0.3, 0.4) is 0 Å². The number of likely N-dealkylation sites (tertiary alicyclic amines) is 1. The van der Waals surface area contributed by atoms with E-state index in [0.717, 1.165) is 37.3 Å². The summed E-state index contributed by atoms with van der Waals surface area (Å²) < 4.78 is 13.2. The predicted molar refractivity (Wildman–Crippen MR) is 94.3 cm³/mol. The van der Waals surface area contributed by atoms with Crippen LogP contribution in [0.4, 0.5) is 0 Å². The molecule has 2 bridgehead atoms. The third-order valence-corrected chi connectivity index (χ3v) is 7.63. The number of rotatable bonds is 1. The molecule has 0 amide bonds. The predicted octanol–water partition coefficient (Wildman–Crippen LogP) is 2.54. The van der Waals surface area contributed by atoms with E-state index in [9.17, 15) is 4.79 Å². The highest BCUT2D eigenvalue weighted by atomic mass is 127.